The summed E-state index contributed by atoms with van der Waals surface area (Å²) in [6.07, 6.45) is -11.8. The molecule has 1 aliphatic rings. The van der Waals surface area contributed by atoms with Crippen molar-refractivity contribution in [1.29, 1.82) is 0 Å². The van der Waals surface area contributed by atoms with E-state index in [1.54, 1.807) is 0 Å². The van der Waals surface area contributed by atoms with Crippen LogP contribution in [0.5, 0.6) is 0 Å². The maximum atomic E-state index is 12.6. The quantitative estimate of drug-likeness (QED) is 0.443. The van der Waals surface area contributed by atoms with Crippen LogP contribution < -0.4 is 0 Å². The van der Waals surface area contributed by atoms with Crippen molar-refractivity contribution in [3.63, 3.8) is 0 Å². The third kappa shape index (κ3) is 3.89. The van der Waals surface area contributed by atoms with E-state index in [0.717, 1.165) is 0 Å². The van der Waals surface area contributed by atoms with Gasteiger partial charge in [0, 0.05) is 11.5 Å². The second kappa shape index (κ2) is 5.44. The fraction of sp³-hybridized carbons (Fsp3) is 0.727. The molecule has 0 heterocycles. The number of rotatable bonds is 5. The molecule has 1 rings (SSSR count). The van der Waals surface area contributed by atoms with Crippen LogP contribution in [0.4, 0.5) is 22.0 Å². The number of halogens is 5. The fourth-order valence-electron chi connectivity index (χ4n) is 1.45. The Morgan fingerprint density at radius 3 is 2.21 bits per heavy atom. The third-order valence-corrected chi connectivity index (χ3v) is 2.75. The number of carbonyl (C=O) groups is 1. The molecule has 2 atom stereocenters. The lowest BCUT2D eigenvalue weighted by molar-refractivity contribution is -0.411. The van der Waals surface area contributed by atoms with Crippen molar-refractivity contribution >= 4 is 5.97 Å². The molecule has 1 fully saturated rings. The molecular weight excluding hydrogens is 275 g/mol. The van der Waals surface area contributed by atoms with Crippen LogP contribution in [0.2, 0.25) is 0 Å². The topological polar surface area (TPSA) is 35.5 Å². The molecular formula is C11H13F5O3. The van der Waals surface area contributed by atoms with Gasteiger partial charge in [0.15, 0.2) is 0 Å². The van der Waals surface area contributed by atoms with Gasteiger partial charge in [-0.15, -0.1) is 0 Å². The molecule has 0 saturated heterocycles. The molecule has 0 radical (unpaired) electrons. The van der Waals surface area contributed by atoms with Crippen LogP contribution in [0.25, 0.3) is 0 Å². The first-order chi connectivity index (χ1) is 8.54. The van der Waals surface area contributed by atoms with Gasteiger partial charge >= 0.3 is 18.3 Å². The monoisotopic (exact) mass is 288 g/mol. The Morgan fingerprint density at radius 2 is 1.84 bits per heavy atom. The van der Waals surface area contributed by atoms with Gasteiger partial charge in [-0.1, -0.05) is 6.58 Å². The summed E-state index contributed by atoms with van der Waals surface area (Å²) in [5, 5.41) is 0. The van der Waals surface area contributed by atoms with Crippen LogP contribution >= 0.6 is 0 Å². The summed E-state index contributed by atoms with van der Waals surface area (Å²) in [6, 6.07) is 0. The Kier molecular flexibility index (Phi) is 4.54. The summed E-state index contributed by atoms with van der Waals surface area (Å²) < 4.78 is 69.5. The molecule has 19 heavy (non-hydrogen) atoms. The molecule has 0 N–H and O–H groups in total. The van der Waals surface area contributed by atoms with E-state index >= 15 is 0 Å². The van der Waals surface area contributed by atoms with E-state index in [9.17, 15) is 26.7 Å². The molecule has 0 aromatic heterocycles. The summed E-state index contributed by atoms with van der Waals surface area (Å²) in [4.78, 5) is 11.0. The average Bonchev–Trinajstić information content (AvgIpc) is 2.22. The summed E-state index contributed by atoms with van der Waals surface area (Å²) >= 11 is 0. The Balaban J connectivity index is 2.45. The Bertz CT molecular complexity index is 364. The molecule has 0 aliphatic heterocycles. The molecule has 0 amide bonds. The van der Waals surface area contributed by atoms with Crippen LogP contribution in [0.1, 0.15) is 19.8 Å². The molecule has 1 saturated carbocycles. The van der Waals surface area contributed by atoms with Crippen LogP contribution in [-0.2, 0) is 14.3 Å². The lowest BCUT2D eigenvalue weighted by Gasteiger charge is -2.38. The summed E-state index contributed by atoms with van der Waals surface area (Å²) in [7, 11) is 0. The molecule has 2 unspecified atom stereocenters. The van der Waals surface area contributed by atoms with E-state index in [2.05, 4.69) is 11.3 Å². The maximum Gasteiger partial charge on any atom is 0.482 e. The van der Waals surface area contributed by atoms with E-state index in [1.165, 1.54) is 6.92 Å². The highest BCUT2D eigenvalue weighted by Crippen LogP contribution is 2.42. The normalized spacial score (nSPS) is 23.7. The zero-order valence-electron chi connectivity index (χ0n) is 10.1. The Morgan fingerprint density at radius 1 is 1.26 bits per heavy atom. The molecule has 8 heteroatoms. The smallest absolute Gasteiger partial charge is 0.462 e. The van der Waals surface area contributed by atoms with Crippen molar-refractivity contribution in [2.24, 2.45) is 5.92 Å². The minimum Gasteiger partial charge on any atom is -0.462 e. The largest absolute Gasteiger partial charge is 0.482 e. The van der Waals surface area contributed by atoms with Crippen molar-refractivity contribution in [1.82, 2.24) is 0 Å². The molecule has 0 aromatic rings. The second-order valence-corrected chi connectivity index (χ2v) is 4.39. The maximum absolute atomic E-state index is 12.6. The summed E-state index contributed by atoms with van der Waals surface area (Å²) in [5.41, 5.74) is 0.123. The number of alkyl halides is 5. The number of hydrogen-bond acceptors (Lipinski definition) is 3. The summed E-state index contributed by atoms with van der Waals surface area (Å²) in [6.45, 7) is 4.45. The fourth-order valence-corrected chi connectivity index (χ4v) is 1.45. The van der Waals surface area contributed by atoms with Crippen molar-refractivity contribution in [2.75, 3.05) is 6.61 Å². The van der Waals surface area contributed by atoms with Gasteiger partial charge in [-0.3, -0.25) is 0 Å². The Labute approximate surface area is 106 Å². The van der Waals surface area contributed by atoms with Gasteiger partial charge in [0.2, 0.25) is 0 Å². The van der Waals surface area contributed by atoms with E-state index in [4.69, 9.17) is 4.74 Å². The number of ether oxygens (including phenoxy) is 2. The van der Waals surface area contributed by atoms with Crippen LogP contribution in [0.3, 0.4) is 0 Å². The van der Waals surface area contributed by atoms with Gasteiger partial charge in [0.1, 0.15) is 0 Å². The molecule has 0 aromatic carbocycles. The van der Waals surface area contributed by atoms with E-state index in [-0.39, 0.29) is 18.6 Å². The predicted molar refractivity (Wildman–Crippen MR) is 54.4 cm³/mol. The van der Waals surface area contributed by atoms with Gasteiger partial charge in [-0.25, -0.2) is 4.79 Å². The van der Waals surface area contributed by atoms with Crippen molar-refractivity contribution in [3.05, 3.63) is 12.2 Å². The van der Waals surface area contributed by atoms with Gasteiger partial charge in [-0.05, 0) is 19.8 Å². The highest BCUT2D eigenvalue weighted by atomic mass is 19.4. The average molecular weight is 288 g/mol. The molecule has 0 spiro atoms. The Hall–Kier alpha value is -1.18. The van der Waals surface area contributed by atoms with E-state index < -0.39 is 30.3 Å². The number of esters is 1. The second-order valence-electron chi connectivity index (χ2n) is 4.39. The van der Waals surface area contributed by atoms with Gasteiger partial charge in [0.25, 0.3) is 0 Å². The van der Waals surface area contributed by atoms with E-state index in [0.29, 0.717) is 6.42 Å². The lowest BCUT2D eigenvalue weighted by atomic mass is 9.82. The standard InChI is InChI=1S/C11H13F5O3/c1-6(2)9(17)18-5-7-3-4-8(7)19-11(15,16)10(12,13)14/h7-8H,1,3-5H2,2H3. The number of hydrogen-bond donors (Lipinski definition) is 0. The highest BCUT2D eigenvalue weighted by molar-refractivity contribution is 5.86. The minimum absolute atomic E-state index is 0.0704. The zero-order valence-corrected chi connectivity index (χ0v) is 10.1. The van der Waals surface area contributed by atoms with Gasteiger partial charge < -0.3 is 9.47 Å². The van der Waals surface area contributed by atoms with Gasteiger partial charge in [-0.2, -0.15) is 22.0 Å². The molecule has 3 nitrogen and oxygen atoms in total. The first-order valence-corrected chi connectivity index (χ1v) is 5.49. The van der Waals surface area contributed by atoms with Crippen LogP contribution in [-0.4, -0.2) is 31.0 Å². The first kappa shape index (κ1) is 15.9. The molecule has 1 aliphatic carbocycles. The highest BCUT2D eigenvalue weighted by Gasteiger charge is 2.61. The van der Waals surface area contributed by atoms with Crippen molar-refractivity contribution < 1.29 is 36.2 Å². The van der Waals surface area contributed by atoms with E-state index in [1.807, 2.05) is 0 Å². The van der Waals surface area contributed by atoms with Gasteiger partial charge in [0.05, 0.1) is 12.7 Å². The van der Waals surface area contributed by atoms with Crippen LogP contribution in [0.15, 0.2) is 12.2 Å². The lowest BCUT2D eigenvalue weighted by Crippen LogP contribution is -2.48. The zero-order chi connectivity index (χ0) is 14.8. The van der Waals surface area contributed by atoms with Crippen molar-refractivity contribution in [3.8, 4) is 0 Å². The predicted octanol–water partition coefficient (Wildman–Crippen LogP) is 3.06. The SMILES string of the molecule is C=C(C)C(=O)OCC1CCC1OC(F)(F)C(F)(F)F. The van der Waals surface area contributed by atoms with Crippen LogP contribution in [0, 0.1) is 5.92 Å². The minimum atomic E-state index is -5.75. The third-order valence-electron chi connectivity index (χ3n) is 2.75. The summed E-state index contributed by atoms with van der Waals surface area (Å²) in [5.74, 6) is -1.37. The molecule has 110 valence electrons. The number of carbonyl (C=O) groups excluding carboxylic acids is 1. The molecule has 0 bridgehead atoms. The first-order valence-electron chi connectivity index (χ1n) is 5.49. The van der Waals surface area contributed by atoms with Crippen molar-refractivity contribution in [2.45, 2.75) is 38.2 Å².